The molecule has 2 rings (SSSR count). The third kappa shape index (κ3) is 3.69. The van der Waals surface area contributed by atoms with Gasteiger partial charge in [-0.15, -0.1) is 0 Å². The van der Waals surface area contributed by atoms with Crippen molar-refractivity contribution in [3.8, 4) is 0 Å². The Bertz CT molecular complexity index is 395. The second kappa shape index (κ2) is 5.12. The van der Waals surface area contributed by atoms with Gasteiger partial charge in [-0.3, -0.25) is 4.79 Å². The Labute approximate surface area is 101 Å². The fraction of sp³-hybridized carbons (Fsp3) is 0.583. The van der Waals surface area contributed by atoms with Crippen molar-refractivity contribution in [2.75, 3.05) is 18.4 Å². The van der Waals surface area contributed by atoms with Crippen molar-refractivity contribution < 1.29 is 4.79 Å². The lowest BCUT2D eigenvalue weighted by Crippen LogP contribution is -2.30. The van der Waals surface area contributed by atoms with Gasteiger partial charge in [0.2, 0.25) is 5.91 Å². The van der Waals surface area contributed by atoms with Gasteiger partial charge in [-0.25, -0.2) is 9.97 Å². The Morgan fingerprint density at radius 2 is 2.12 bits per heavy atom. The molecule has 0 bridgehead atoms. The van der Waals surface area contributed by atoms with Gasteiger partial charge in [0.15, 0.2) is 0 Å². The monoisotopic (exact) mass is 234 g/mol. The SMILES string of the molecule is Cc1cc(NCCNC(=O)C2CC2)nc(C)n1. The van der Waals surface area contributed by atoms with Crippen LogP contribution in [0.1, 0.15) is 24.4 Å². The molecule has 0 saturated heterocycles. The van der Waals surface area contributed by atoms with Crippen molar-refractivity contribution in [1.29, 1.82) is 0 Å². The smallest absolute Gasteiger partial charge is 0.223 e. The number of carbonyl (C=O) groups excluding carboxylic acids is 1. The maximum absolute atomic E-state index is 11.4. The minimum Gasteiger partial charge on any atom is -0.368 e. The summed E-state index contributed by atoms with van der Waals surface area (Å²) in [6.07, 6.45) is 2.09. The lowest BCUT2D eigenvalue weighted by molar-refractivity contribution is -0.122. The van der Waals surface area contributed by atoms with Crippen LogP contribution in [-0.2, 0) is 4.79 Å². The quantitative estimate of drug-likeness (QED) is 0.747. The Kier molecular flexibility index (Phi) is 3.56. The normalized spacial score (nSPS) is 14.5. The first kappa shape index (κ1) is 11.8. The predicted octanol–water partition coefficient (Wildman–Crippen LogP) is 1.03. The fourth-order valence-electron chi connectivity index (χ4n) is 1.67. The first-order valence-electron chi connectivity index (χ1n) is 5.99. The topological polar surface area (TPSA) is 66.9 Å². The number of amides is 1. The van der Waals surface area contributed by atoms with Gasteiger partial charge in [0, 0.05) is 30.8 Å². The van der Waals surface area contributed by atoms with Crippen LogP contribution in [0, 0.1) is 19.8 Å². The largest absolute Gasteiger partial charge is 0.368 e. The molecule has 5 nitrogen and oxygen atoms in total. The molecule has 92 valence electrons. The highest BCUT2D eigenvalue weighted by Crippen LogP contribution is 2.28. The van der Waals surface area contributed by atoms with E-state index in [0.717, 1.165) is 30.2 Å². The van der Waals surface area contributed by atoms with Gasteiger partial charge in [-0.05, 0) is 26.7 Å². The van der Waals surface area contributed by atoms with Crippen molar-refractivity contribution >= 4 is 11.7 Å². The summed E-state index contributed by atoms with van der Waals surface area (Å²) < 4.78 is 0. The molecule has 0 aliphatic heterocycles. The number of nitrogens with zero attached hydrogens (tertiary/aromatic N) is 2. The van der Waals surface area contributed by atoms with Gasteiger partial charge in [0.05, 0.1) is 0 Å². The predicted molar refractivity (Wildman–Crippen MR) is 65.7 cm³/mol. The van der Waals surface area contributed by atoms with Gasteiger partial charge in [-0.2, -0.15) is 0 Å². The summed E-state index contributed by atoms with van der Waals surface area (Å²) in [4.78, 5) is 19.8. The average Bonchev–Trinajstić information content (AvgIpc) is 3.06. The molecule has 1 aromatic heterocycles. The van der Waals surface area contributed by atoms with Gasteiger partial charge >= 0.3 is 0 Å². The van der Waals surface area contributed by atoms with Crippen LogP contribution in [0.2, 0.25) is 0 Å². The first-order valence-corrected chi connectivity index (χ1v) is 5.99. The molecule has 2 N–H and O–H groups in total. The van der Waals surface area contributed by atoms with Crippen molar-refractivity contribution in [3.63, 3.8) is 0 Å². The van der Waals surface area contributed by atoms with E-state index < -0.39 is 0 Å². The highest BCUT2D eigenvalue weighted by Gasteiger charge is 2.28. The van der Waals surface area contributed by atoms with Crippen LogP contribution in [0.4, 0.5) is 5.82 Å². The van der Waals surface area contributed by atoms with Crippen LogP contribution >= 0.6 is 0 Å². The van der Waals surface area contributed by atoms with Crippen LogP contribution in [0.15, 0.2) is 6.07 Å². The molecule has 5 heteroatoms. The van der Waals surface area contributed by atoms with Crippen molar-refractivity contribution in [2.45, 2.75) is 26.7 Å². The van der Waals surface area contributed by atoms with E-state index in [2.05, 4.69) is 20.6 Å². The van der Waals surface area contributed by atoms with E-state index in [1.165, 1.54) is 0 Å². The molecule has 1 aromatic rings. The fourth-order valence-corrected chi connectivity index (χ4v) is 1.67. The number of aryl methyl sites for hydroxylation is 2. The second-order valence-electron chi connectivity index (χ2n) is 4.43. The molecule has 1 fully saturated rings. The maximum Gasteiger partial charge on any atom is 0.223 e. The summed E-state index contributed by atoms with van der Waals surface area (Å²) >= 11 is 0. The molecule has 1 amide bonds. The Balaban J connectivity index is 1.71. The minimum atomic E-state index is 0.182. The first-order chi connectivity index (χ1) is 8.15. The summed E-state index contributed by atoms with van der Waals surface area (Å²) in [7, 11) is 0. The van der Waals surface area contributed by atoms with E-state index in [0.29, 0.717) is 13.1 Å². The lowest BCUT2D eigenvalue weighted by Gasteiger charge is -2.08. The second-order valence-corrected chi connectivity index (χ2v) is 4.43. The highest BCUT2D eigenvalue weighted by atomic mass is 16.2. The molecule has 1 saturated carbocycles. The summed E-state index contributed by atoms with van der Waals surface area (Å²) in [6.45, 7) is 5.13. The van der Waals surface area contributed by atoms with Crippen molar-refractivity contribution in [2.24, 2.45) is 5.92 Å². The Morgan fingerprint density at radius 1 is 1.35 bits per heavy atom. The molecule has 0 atom stereocenters. The zero-order chi connectivity index (χ0) is 12.3. The highest BCUT2D eigenvalue weighted by molar-refractivity contribution is 5.80. The van der Waals surface area contributed by atoms with Crippen molar-refractivity contribution in [1.82, 2.24) is 15.3 Å². The average molecular weight is 234 g/mol. The third-order valence-electron chi connectivity index (χ3n) is 2.64. The molecule has 17 heavy (non-hydrogen) atoms. The molecular formula is C12H18N4O. The molecule has 0 spiro atoms. The summed E-state index contributed by atoms with van der Waals surface area (Å²) in [5.41, 5.74) is 0.946. The number of hydrogen-bond acceptors (Lipinski definition) is 4. The number of hydrogen-bond donors (Lipinski definition) is 2. The van der Waals surface area contributed by atoms with Crippen molar-refractivity contribution in [3.05, 3.63) is 17.6 Å². The van der Waals surface area contributed by atoms with E-state index in [4.69, 9.17) is 0 Å². The molecule has 0 aromatic carbocycles. The molecule has 1 aliphatic carbocycles. The van der Waals surface area contributed by atoms with Gasteiger partial charge in [0.1, 0.15) is 11.6 Å². The van der Waals surface area contributed by atoms with Crippen LogP contribution in [0.5, 0.6) is 0 Å². The Morgan fingerprint density at radius 3 is 2.76 bits per heavy atom. The summed E-state index contributed by atoms with van der Waals surface area (Å²) in [5, 5.41) is 6.07. The summed E-state index contributed by atoms with van der Waals surface area (Å²) in [5.74, 6) is 2.03. The molecule has 1 aliphatic rings. The number of nitrogens with one attached hydrogen (secondary N) is 2. The summed E-state index contributed by atoms with van der Waals surface area (Å²) in [6, 6.07) is 1.90. The van der Waals surface area contributed by atoms with Crippen LogP contribution in [0.25, 0.3) is 0 Å². The van der Waals surface area contributed by atoms with Gasteiger partial charge in [-0.1, -0.05) is 0 Å². The van der Waals surface area contributed by atoms with Crippen LogP contribution < -0.4 is 10.6 Å². The van der Waals surface area contributed by atoms with E-state index in [1.54, 1.807) is 0 Å². The molecular weight excluding hydrogens is 216 g/mol. The molecule has 0 unspecified atom stereocenters. The maximum atomic E-state index is 11.4. The zero-order valence-electron chi connectivity index (χ0n) is 10.3. The molecule has 1 heterocycles. The van der Waals surface area contributed by atoms with Gasteiger partial charge in [0.25, 0.3) is 0 Å². The number of anilines is 1. The third-order valence-corrected chi connectivity index (χ3v) is 2.64. The van der Waals surface area contributed by atoms with E-state index in [-0.39, 0.29) is 11.8 Å². The number of rotatable bonds is 5. The zero-order valence-corrected chi connectivity index (χ0v) is 10.3. The van der Waals surface area contributed by atoms with E-state index in [1.807, 2.05) is 19.9 Å². The standard InChI is InChI=1S/C12H18N4O/c1-8-7-11(16-9(2)15-8)13-5-6-14-12(17)10-3-4-10/h7,10H,3-6H2,1-2H3,(H,14,17)(H,13,15,16). The lowest BCUT2D eigenvalue weighted by atomic mass is 10.4. The number of aromatic nitrogens is 2. The minimum absolute atomic E-state index is 0.182. The van der Waals surface area contributed by atoms with Gasteiger partial charge < -0.3 is 10.6 Å². The van der Waals surface area contributed by atoms with Crippen LogP contribution in [-0.4, -0.2) is 29.0 Å². The number of carbonyl (C=O) groups is 1. The molecule has 0 radical (unpaired) electrons. The van der Waals surface area contributed by atoms with E-state index in [9.17, 15) is 4.79 Å². The van der Waals surface area contributed by atoms with Crippen LogP contribution in [0.3, 0.4) is 0 Å². The Hall–Kier alpha value is -1.65. The van der Waals surface area contributed by atoms with E-state index >= 15 is 0 Å².